The number of anilines is 1. The minimum atomic E-state index is -0.0960. The summed E-state index contributed by atoms with van der Waals surface area (Å²) in [5.74, 6) is 1.71. The number of nitrogens with one attached hydrogen (secondary N) is 1. The number of rotatable bonds is 7. The molecule has 12 heteroatoms. The Kier molecular flexibility index (Phi) is 6.06. The highest BCUT2D eigenvalue weighted by molar-refractivity contribution is 7.23. The van der Waals surface area contributed by atoms with Gasteiger partial charge in [0.2, 0.25) is 11.8 Å². The Morgan fingerprint density at radius 1 is 1.06 bits per heavy atom. The van der Waals surface area contributed by atoms with Gasteiger partial charge in [0.25, 0.3) is 5.56 Å². The second-order valence-electron chi connectivity index (χ2n) is 13.5. The van der Waals surface area contributed by atoms with E-state index in [9.17, 15) is 4.79 Å². The quantitative estimate of drug-likeness (QED) is 0.210. The van der Waals surface area contributed by atoms with E-state index >= 15 is 0 Å². The fourth-order valence-electron chi connectivity index (χ4n) is 8.52. The van der Waals surface area contributed by atoms with E-state index in [0.29, 0.717) is 36.2 Å². The number of thiophene rings is 1. The minimum Gasteiger partial charge on any atom is -0.421 e. The molecule has 3 aliphatic heterocycles. The van der Waals surface area contributed by atoms with Crippen LogP contribution in [0.2, 0.25) is 0 Å². The molecule has 2 fully saturated rings. The first-order chi connectivity index (χ1) is 23.0. The van der Waals surface area contributed by atoms with Gasteiger partial charge < -0.3 is 14.5 Å². The number of ether oxygens (including phenoxy) is 1. The molecule has 0 saturated carbocycles. The molecule has 0 aromatic carbocycles. The summed E-state index contributed by atoms with van der Waals surface area (Å²) in [5, 5.41) is 14.1. The molecule has 1 atom stereocenters. The molecule has 6 aromatic heterocycles. The number of pyridine rings is 3. The Morgan fingerprint density at radius 2 is 1.96 bits per heavy atom. The van der Waals surface area contributed by atoms with Crippen LogP contribution >= 0.6 is 11.3 Å². The van der Waals surface area contributed by atoms with Gasteiger partial charge in [0.05, 0.1) is 39.1 Å². The average molecular weight is 647 g/mol. The molecule has 10 rings (SSSR count). The molecule has 0 amide bonds. The summed E-state index contributed by atoms with van der Waals surface area (Å²) in [5.41, 5.74) is 5.45. The second-order valence-corrected chi connectivity index (χ2v) is 14.6. The summed E-state index contributed by atoms with van der Waals surface area (Å²) in [6, 6.07) is 8.52. The van der Waals surface area contributed by atoms with Gasteiger partial charge in [-0.2, -0.15) is 0 Å². The normalized spacial score (nSPS) is 22.9. The summed E-state index contributed by atoms with van der Waals surface area (Å²) < 4.78 is 17.6. The number of fused-ring (bicyclic) bond motifs is 7. The smallest absolute Gasteiger partial charge is 0.276 e. The Bertz CT molecular complexity index is 2270. The number of aromatic nitrogens is 7. The fraction of sp³-hybridized carbons (Fsp3) is 0.429. The predicted molar refractivity (Wildman–Crippen MR) is 179 cm³/mol. The Labute approximate surface area is 274 Å². The Morgan fingerprint density at radius 3 is 2.79 bits per heavy atom. The van der Waals surface area contributed by atoms with E-state index in [2.05, 4.69) is 37.3 Å². The lowest BCUT2D eigenvalue weighted by Gasteiger charge is -2.24. The molecule has 238 valence electrons. The van der Waals surface area contributed by atoms with E-state index < -0.39 is 0 Å². The van der Waals surface area contributed by atoms with Crippen molar-refractivity contribution in [1.29, 1.82) is 0 Å². The molecule has 9 heterocycles. The van der Waals surface area contributed by atoms with Crippen molar-refractivity contribution in [3.8, 4) is 21.9 Å². The van der Waals surface area contributed by atoms with Gasteiger partial charge in [-0.3, -0.25) is 14.5 Å². The van der Waals surface area contributed by atoms with Crippen molar-refractivity contribution >= 4 is 38.3 Å². The third-order valence-electron chi connectivity index (χ3n) is 10.8. The SMILES string of the molecule is Cc1nnc(-c2c(CCC34CCC(CC3)O4)nc3c(c2-c2cc4ccnc(NC5CCc6ncccc65)c4s2)c(=O)n2n3CCC2)o1. The van der Waals surface area contributed by atoms with Gasteiger partial charge in [-0.1, -0.05) is 6.07 Å². The van der Waals surface area contributed by atoms with Gasteiger partial charge in [0.1, 0.15) is 5.82 Å². The first-order valence-electron chi connectivity index (χ1n) is 16.8. The van der Waals surface area contributed by atoms with Crippen LogP contribution in [0.1, 0.15) is 73.8 Å². The standard InChI is InChI=1S/C35H34N8O3S/c1-19-40-41-33(45-19)27-25(9-13-35-11-7-21(46-35)8-12-35)39-32-29(34(44)43-17-3-16-42(32)43)28(27)26-18-20-10-15-37-31(30(20)47-26)38-24-6-5-23-22(24)4-2-14-36-23/h2,4,10,14-15,18,21,24H,3,5-9,11-13,16-17H2,1H3,(H,37,38). The van der Waals surface area contributed by atoms with Crippen LogP contribution in [0.15, 0.2) is 45.9 Å². The van der Waals surface area contributed by atoms with Crippen molar-refractivity contribution < 1.29 is 9.15 Å². The minimum absolute atomic E-state index is 0.0237. The maximum absolute atomic E-state index is 14.2. The first-order valence-corrected chi connectivity index (χ1v) is 17.6. The molecule has 0 radical (unpaired) electrons. The maximum Gasteiger partial charge on any atom is 0.276 e. The molecule has 2 saturated heterocycles. The first kappa shape index (κ1) is 27.7. The molecular weight excluding hydrogens is 613 g/mol. The highest BCUT2D eigenvalue weighted by atomic mass is 32.1. The van der Waals surface area contributed by atoms with E-state index in [-0.39, 0.29) is 17.2 Å². The zero-order valence-electron chi connectivity index (χ0n) is 26.2. The predicted octanol–water partition coefficient (Wildman–Crippen LogP) is 6.38. The summed E-state index contributed by atoms with van der Waals surface area (Å²) >= 11 is 1.64. The number of hydrogen-bond donors (Lipinski definition) is 1. The highest BCUT2D eigenvalue weighted by Crippen LogP contribution is 2.49. The monoisotopic (exact) mass is 646 g/mol. The van der Waals surface area contributed by atoms with E-state index in [0.717, 1.165) is 107 Å². The van der Waals surface area contributed by atoms with Crippen LogP contribution < -0.4 is 10.9 Å². The van der Waals surface area contributed by atoms with Crippen molar-refractivity contribution in [3.63, 3.8) is 0 Å². The molecule has 2 bridgehead atoms. The number of aryl methyl sites for hydroxylation is 4. The lowest BCUT2D eigenvalue weighted by atomic mass is 9.84. The summed E-state index contributed by atoms with van der Waals surface area (Å²) in [4.78, 5) is 29.8. The van der Waals surface area contributed by atoms with Crippen LogP contribution in [-0.4, -0.2) is 46.2 Å². The molecule has 1 N–H and O–H groups in total. The van der Waals surface area contributed by atoms with E-state index in [4.69, 9.17) is 19.1 Å². The molecule has 47 heavy (non-hydrogen) atoms. The second kappa shape index (κ2) is 10.3. The van der Waals surface area contributed by atoms with Crippen LogP contribution in [0.3, 0.4) is 0 Å². The lowest BCUT2D eigenvalue weighted by molar-refractivity contribution is 0.00718. The average Bonchev–Trinajstić information content (AvgIpc) is 3.94. The van der Waals surface area contributed by atoms with E-state index in [1.807, 2.05) is 29.2 Å². The summed E-state index contributed by atoms with van der Waals surface area (Å²) in [7, 11) is 0. The van der Waals surface area contributed by atoms with Crippen molar-refractivity contribution in [2.75, 3.05) is 5.32 Å². The zero-order valence-corrected chi connectivity index (χ0v) is 27.0. The third-order valence-corrected chi connectivity index (χ3v) is 11.9. The maximum atomic E-state index is 14.2. The highest BCUT2D eigenvalue weighted by Gasteiger charge is 2.46. The lowest BCUT2D eigenvalue weighted by Crippen LogP contribution is -2.25. The van der Waals surface area contributed by atoms with Crippen molar-refractivity contribution in [2.45, 2.75) is 95.5 Å². The molecule has 1 aliphatic carbocycles. The molecule has 6 aromatic rings. The Hall–Kier alpha value is -4.42. The van der Waals surface area contributed by atoms with Crippen LogP contribution in [-0.2, 0) is 30.7 Å². The van der Waals surface area contributed by atoms with Crippen LogP contribution in [0.4, 0.5) is 5.82 Å². The Balaban J connectivity index is 1.17. The number of nitrogens with zero attached hydrogens (tertiary/aromatic N) is 7. The van der Waals surface area contributed by atoms with Crippen molar-refractivity contribution in [1.82, 2.24) is 34.5 Å². The molecule has 1 unspecified atom stereocenters. The number of hydrogen-bond acceptors (Lipinski definition) is 10. The summed E-state index contributed by atoms with van der Waals surface area (Å²) in [6.45, 7) is 3.24. The zero-order chi connectivity index (χ0) is 31.3. The fourth-order valence-corrected chi connectivity index (χ4v) is 9.68. The van der Waals surface area contributed by atoms with Gasteiger partial charge in [-0.25, -0.2) is 14.6 Å². The van der Waals surface area contributed by atoms with E-state index in [1.54, 1.807) is 18.3 Å². The van der Waals surface area contributed by atoms with Gasteiger partial charge >= 0.3 is 0 Å². The topological polar surface area (TPSA) is 126 Å². The molecule has 11 nitrogen and oxygen atoms in total. The largest absolute Gasteiger partial charge is 0.421 e. The van der Waals surface area contributed by atoms with Crippen LogP contribution in [0.25, 0.3) is 43.0 Å². The van der Waals surface area contributed by atoms with Crippen molar-refractivity contribution in [3.05, 3.63) is 69.9 Å². The van der Waals surface area contributed by atoms with Gasteiger partial charge in [0.15, 0.2) is 5.65 Å². The molecule has 0 spiro atoms. The van der Waals surface area contributed by atoms with E-state index in [1.165, 1.54) is 5.56 Å². The molecular formula is C35H34N8O3S. The van der Waals surface area contributed by atoms with Crippen LogP contribution in [0, 0.1) is 6.92 Å². The van der Waals surface area contributed by atoms with Crippen molar-refractivity contribution in [2.24, 2.45) is 0 Å². The molecule has 4 aliphatic rings. The van der Waals surface area contributed by atoms with Crippen LogP contribution in [0.5, 0.6) is 0 Å². The van der Waals surface area contributed by atoms with Gasteiger partial charge in [-0.15, -0.1) is 21.5 Å². The summed E-state index contributed by atoms with van der Waals surface area (Å²) in [6.07, 6.45) is 12.9. The van der Waals surface area contributed by atoms with Gasteiger partial charge in [-0.05, 0) is 86.9 Å². The third kappa shape index (κ3) is 4.27. The van der Waals surface area contributed by atoms with Gasteiger partial charge in [0, 0.05) is 48.5 Å².